The van der Waals surface area contributed by atoms with Crippen molar-refractivity contribution in [1.82, 2.24) is 0 Å². The van der Waals surface area contributed by atoms with Gasteiger partial charge in [0, 0.05) is 13.6 Å². The normalized spacial score (nSPS) is 23.1. The number of hydrogen-bond donors (Lipinski definition) is 1. The Morgan fingerprint density at radius 2 is 2.00 bits per heavy atom. The third-order valence-electron chi connectivity index (χ3n) is 4.12. The molecule has 2 N–H and O–H groups in total. The minimum atomic E-state index is 0.696. The lowest BCUT2D eigenvalue weighted by Gasteiger charge is -2.27. The van der Waals surface area contributed by atoms with Crippen LogP contribution in [0.1, 0.15) is 19.3 Å². The van der Waals surface area contributed by atoms with Gasteiger partial charge in [0.05, 0.1) is 12.8 Å². The third-order valence-corrected chi connectivity index (χ3v) is 4.12. The number of para-hydroxylation sites is 2. The van der Waals surface area contributed by atoms with E-state index in [1.807, 2.05) is 12.1 Å². The van der Waals surface area contributed by atoms with Crippen LogP contribution in [0.5, 0.6) is 5.75 Å². The average molecular weight is 248 g/mol. The van der Waals surface area contributed by atoms with Crippen LogP contribution in [-0.2, 0) is 0 Å². The van der Waals surface area contributed by atoms with Crippen LogP contribution in [0.3, 0.4) is 0 Å². The molecule has 2 rings (SSSR count). The Bertz CT molecular complexity index is 381. The molecule has 0 radical (unpaired) electrons. The summed E-state index contributed by atoms with van der Waals surface area (Å²) in [7, 11) is 3.87. The van der Waals surface area contributed by atoms with Crippen molar-refractivity contribution < 1.29 is 4.74 Å². The average Bonchev–Trinajstić information content (AvgIpc) is 2.85. The first kappa shape index (κ1) is 13.2. The van der Waals surface area contributed by atoms with Crippen LogP contribution >= 0.6 is 0 Å². The fourth-order valence-electron chi connectivity index (χ4n) is 3.06. The molecule has 1 saturated carbocycles. The summed E-state index contributed by atoms with van der Waals surface area (Å²) in [4.78, 5) is 2.30. The van der Waals surface area contributed by atoms with Gasteiger partial charge in [-0.1, -0.05) is 18.6 Å². The van der Waals surface area contributed by atoms with Gasteiger partial charge in [0.2, 0.25) is 0 Å². The Balaban J connectivity index is 2.05. The van der Waals surface area contributed by atoms with Gasteiger partial charge in [-0.3, -0.25) is 0 Å². The van der Waals surface area contributed by atoms with Crippen LogP contribution in [0.4, 0.5) is 5.69 Å². The summed E-state index contributed by atoms with van der Waals surface area (Å²) < 4.78 is 5.42. The van der Waals surface area contributed by atoms with E-state index in [9.17, 15) is 0 Å². The van der Waals surface area contributed by atoms with Gasteiger partial charge < -0.3 is 15.4 Å². The van der Waals surface area contributed by atoms with Crippen molar-refractivity contribution in [2.45, 2.75) is 19.3 Å². The van der Waals surface area contributed by atoms with Crippen molar-refractivity contribution in [2.24, 2.45) is 17.6 Å². The first-order chi connectivity index (χ1) is 8.76. The quantitative estimate of drug-likeness (QED) is 0.870. The molecule has 2 atom stereocenters. The van der Waals surface area contributed by atoms with Gasteiger partial charge in [-0.2, -0.15) is 0 Å². The van der Waals surface area contributed by atoms with E-state index in [4.69, 9.17) is 10.5 Å². The fourth-order valence-corrected chi connectivity index (χ4v) is 3.06. The van der Waals surface area contributed by atoms with Gasteiger partial charge in [0.1, 0.15) is 5.75 Å². The van der Waals surface area contributed by atoms with E-state index in [0.29, 0.717) is 5.92 Å². The molecule has 1 aliphatic rings. The molecule has 1 fully saturated rings. The summed E-state index contributed by atoms with van der Waals surface area (Å²) in [5.74, 6) is 2.37. The number of anilines is 1. The fraction of sp³-hybridized carbons (Fsp3) is 0.600. The van der Waals surface area contributed by atoms with E-state index in [-0.39, 0.29) is 0 Å². The molecule has 0 amide bonds. The molecule has 3 heteroatoms. The lowest BCUT2D eigenvalue weighted by atomic mass is 9.95. The summed E-state index contributed by atoms with van der Waals surface area (Å²) in [6.45, 7) is 1.90. The van der Waals surface area contributed by atoms with Crippen LogP contribution in [0, 0.1) is 11.8 Å². The Morgan fingerprint density at radius 1 is 1.28 bits per heavy atom. The molecule has 0 saturated heterocycles. The van der Waals surface area contributed by atoms with E-state index in [0.717, 1.165) is 24.8 Å². The number of nitrogens with two attached hydrogens (primary N) is 1. The van der Waals surface area contributed by atoms with Crippen molar-refractivity contribution in [3.8, 4) is 5.75 Å². The second kappa shape index (κ2) is 6.10. The van der Waals surface area contributed by atoms with Crippen LogP contribution in [-0.4, -0.2) is 27.2 Å². The number of ether oxygens (including phenoxy) is 1. The summed E-state index contributed by atoms with van der Waals surface area (Å²) in [5, 5.41) is 0. The standard InChI is InChI=1S/C15H24N2O/c1-17(11-13-7-5-6-12(13)10-16)14-8-3-4-9-15(14)18-2/h3-4,8-9,12-13H,5-7,10-11,16H2,1-2H3. The SMILES string of the molecule is COc1ccccc1N(C)CC1CCCC1CN. The minimum absolute atomic E-state index is 0.696. The molecule has 0 aromatic heterocycles. The number of rotatable bonds is 5. The molecular formula is C15H24N2O. The van der Waals surface area contributed by atoms with E-state index in [1.165, 1.54) is 24.9 Å². The maximum Gasteiger partial charge on any atom is 0.142 e. The molecule has 18 heavy (non-hydrogen) atoms. The molecule has 1 aromatic rings. The van der Waals surface area contributed by atoms with Crippen LogP contribution in [0.25, 0.3) is 0 Å². The molecule has 0 spiro atoms. The summed E-state index contributed by atoms with van der Waals surface area (Å²) >= 11 is 0. The predicted molar refractivity (Wildman–Crippen MR) is 76.1 cm³/mol. The molecule has 1 aromatic carbocycles. The lowest BCUT2D eigenvalue weighted by molar-refractivity contribution is 0.393. The monoisotopic (exact) mass is 248 g/mol. The zero-order chi connectivity index (χ0) is 13.0. The van der Waals surface area contributed by atoms with Crippen molar-refractivity contribution in [2.75, 3.05) is 32.1 Å². The van der Waals surface area contributed by atoms with Gasteiger partial charge in [0.15, 0.2) is 0 Å². The topological polar surface area (TPSA) is 38.5 Å². The second-order valence-corrected chi connectivity index (χ2v) is 5.24. The highest BCUT2D eigenvalue weighted by Gasteiger charge is 2.27. The Labute approximate surface area is 110 Å². The summed E-state index contributed by atoms with van der Waals surface area (Å²) in [6.07, 6.45) is 3.93. The van der Waals surface area contributed by atoms with Crippen molar-refractivity contribution in [1.29, 1.82) is 0 Å². The molecule has 0 aliphatic heterocycles. The first-order valence-corrected chi connectivity index (χ1v) is 6.80. The van der Waals surface area contributed by atoms with Gasteiger partial charge >= 0.3 is 0 Å². The van der Waals surface area contributed by atoms with Gasteiger partial charge in [-0.15, -0.1) is 0 Å². The van der Waals surface area contributed by atoms with E-state index in [2.05, 4.69) is 24.1 Å². The highest BCUT2D eigenvalue weighted by molar-refractivity contribution is 5.57. The Hall–Kier alpha value is -1.22. The lowest BCUT2D eigenvalue weighted by Crippen LogP contribution is -2.30. The van der Waals surface area contributed by atoms with E-state index in [1.54, 1.807) is 7.11 Å². The number of hydrogen-bond acceptors (Lipinski definition) is 3. The Morgan fingerprint density at radius 3 is 2.72 bits per heavy atom. The van der Waals surface area contributed by atoms with Crippen LogP contribution in [0.2, 0.25) is 0 Å². The van der Waals surface area contributed by atoms with Gasteiger partial charge in [-0.05, 0) is 43.4 Å². The minimum Gasteiger partial charge on any atom is -0.495 e. The number of benzene rings is 1. The second-order valence-electron chi connectivity index (χ2n) is 5.24. The summed E-state index contributed by atoms with van der Waals surface area (Å²) in [6, 6.07) is 8.20. The largest absolute Gasteiger partial charge is 0.495 e. The van der Waals surface area contributed by atoms with E-state index < -0.39 is 0 Å². The summed E-state index contributed by atoms with van der Waals surface area (Å²) in [5.41, 5.74) is 7.02. The molecular weight excluding hydrogens is 224 g/mol. The highest BCUT2D eigenvalue weighted by Crippen LogP contribution is 2.34. The molecule has 2 unspecified atom stereocenters. The number of methoxy groups -OCH3 is 1. The Kier molecular flexibility index (Phi) is 4.48. The molecule has 3 nitrogen and oxygen atoms in total. The zero-order valence-corrected chi connectivity index (χ0v) is 11.4. The smallest absolute Gasteiger partial charge is 0.142 e. The maximum atomic E-state index is 5.85. The number of nitrogens with zero attached hydrogens (tertiary/aromatic N) is 1. The predicted octanol–water partition coefficient (Wildman–Crippen LogP) is 2.51. The molecule has 1 aliphatic carbocycles. The van der Waals surface area contributed by atoms with E-state index >= 15 is 0 Å². The molecule has 0 heterocycles. The van der Waals surface area contributed by atoms with Crippen molar-refractivity contribution in [3.63, 3.8) is 0 Å². The molecule has 0 bridgehead atoms. The van der Waals surface area contributed by atoms with Crippen molar-refractivity contribution in [3.05, 3.63) is 24.3 Å². The van der Waals surface area contributed by atoms with Gasteiger partial charge in [0.25, 0.3) is 0 Å². The van der Waals surface area contributed by atoms with Crippen LogP contribution in [0.15, 0.2) is 24.3 Å². The van der Waals surface area contributed by atoms with Gasteiger partial charge in [-0.25, -0.2) is 0 Å². The first-order valence-electron chi connectivity index (χ1n) is 6.80. The zero-order valence-electron chi connectivity index (χ0n) is 11.4. The molecule has 100 valence electrons. The van der Waals surface area contributed by atoms with Crippen LogP contribution < -0.4 is 15.4 Å². The maximum absolute atomic E-state index is 5.85. The highest BCUT2D eigenvalue weighted by atomic mass is 16.5. The third kappa shape index (κ3) is 2.78. The van der Waals surface area contributed by atoms with Crippen molar-refractivity contribution >= 4 is 5.69 Å².